The highest BCUT2D eigenvalue weighted by Crippen LogP contribution is 2.38. The SMILES string of the molecule is CCOC(=O)c1c(NC(=S)Nc2ccc(Cl)c(F)c2)sc(C)c1Cc1ccc2c(c1)OCO2. The molecule has 0 bridgehead atoms. The van der Waals surface area contributed by atoms with Crippen molar-refractivity contribution in [2.75, 3.05) is 24.0 Å². The minimum Gasteiger partial charge on any atom is -0.462 e. The molecule has 2 aromatic carbocycles. The van der Waals surface area contributed by atoms with Crippen molar-refractivity contribution >= 4 is 56.9 Å². The topological polar surface area (TPSA) is 68.8 Å². The number of anilines is 2. The van der Waals surface area contributed by atoms with Crippen molar-refractivity contribution in [2.24, 2.45) is 0 Å². The van der Waals surface area contributed by atoms with Gasteiger partial charge in [0.05, 0.1) is 17.2 Å². The van der Waals surface area contributed by atoms with Gasteiger partial charge in [-0.05, 0) is 73.9 Å². The zero-order chi connectivity index (χ0) is 23.5. The van der Waals surface area contributed by atoms with Gasteiger partial charge in [0.2, 0.25) is 6.79 Å². The number of carbonyl (C=O) groups is 1. The van der Waals surface area contributed by atoms with Crippen LogP contribution in [-0.4, -0.2) is 24.5 Å². The molecule has 2 N–H and O–H groups in total. The third kappa shape index (κ3) is 5.21. The Balaban J connectivity index is 1.60. The van der Waals surface area contributed by atoms with Crippen LogP contribution in [-0.2, 0) is 11.2 Å². The lowest BCUT2D eigenvalue weighted by atomic mass is 10.0. The summed E-state index contributed by atoms with van der Waals surface area (Å²) in [6.07, 6.45) is 0.497. The van der Waals surface area contributed by atoms with Crippen molar-refractivity contribution in [3.8, 4) is 11.5 Å². The standard InChI is InChI=1S/C23H20ClFN2O4S2/c1-3-29-22(28)20-15(8-13-4-7-18-19(9-13)31-11-30-18)12(2)33-21(20)27-23(32)26-14-5-6-16(24)17(25)10-14/h4-7,9-10H,3,8,11H2,1-2H3,(H2,26,27,32). The number of hydrogen-bond acceptors (Lipinski definition) is 6. The molecule has 10 heteroatoms. The van der Waals surface area contributed by atoms with Crippen molar-refractivity contribution in [3.63, 3.8) is 0 Å². The van der Waals surface area contributed by atoms with E-state index in [1.165, 1.54) is 23.5 Å². The average Bonchev–Trinajstić information content (AvgIpc) is 3.35. The number of thiophene rings is 1. The van der Waals surface area contributed by atoms with Crippen LogP contribution in [0.4, 0.5) is 15.1 Å². The first-order valence-corrected chi connectivity index (χ1v) is 11.7. The van der Waals surface area contributed by atoms with E-state index in [9.17, 15) is 9.18 Å². The maximum Gasteiger partial charge on any atom is 0.341 e. The Labute approximate surface area is 204 Å². The molecule has 0 aliphatic carbocycles. The number of fused-ring (bicyclic) bond motifs is 1. The summed E-state index contributed by atoms with van der Waals surface area (Å²) in [7, 11) is 0. The summed E-state index contributed by atoms with van der Waals surface area (Å²) in [5.41, 5.74) is 2.65. The summed E-state index contributed by atoms with van der Waals surface area (Å²) in [5.74, 6) is 0.371. The molecule has 0 saturated heterocycles. The van der Waals surface area contributed by atoms with Crippen LogP contribution >= 0.6 is 35.2 Å². The lowest BCUT2D eigenvalue weighted by molar-refractivity contribution is 0.0527. The van der Waals surface area contributed by atoms with Crippen molar-refractivity contribution in [2.45, 2.75) is 20.3 Å². The lowest BCUT2D eigenvalue weighted by Gasteiger charge is -2.12. The van der Waals surface area contributed by atoms with E-state index < -0.39 is 11.8 Å². The van der Waals surface area contributed by atoms with E-state index in [1.807, 2.05) is 25.1 Å². The van der Waals surface area contributed by atoms with Crippen LogP contribution in [0.3, 0.4) is 0 Å². The first-order chi connectivity index (χ1) is 15.9. The molecule has 0 radical (unpaired) electrons. The van der Waals surface area contributed by atoms with E-state index in [0.29, 0.717) is 34.2 Å². The monoisotopic (exact) mass is 506 g/mol. The number of nitrogens with one attached hydrogen (secondary N) is 2. The maximum absolute atomic E-state index is 13.7. The fourth-order valence-corrected chi connectivity index (χ4v) is 4.86. The number of ether oxygens (including phenoxy) is 3. The molecule has 0 unspecified atom stereocenters. The van der Waals surface area contributed by atoms with Crippen LogP contribution in [0.15, 0.2) is 36.4 Å². The van der Waals surface area contributed by atoms with Gasteiger partial charge in [-0.25, -0.2) is 9.18 Å². The fraction of sp³-hybridized carbons (Fsp3) is 0.217. The highest BCUT2D eigenvalue weighted by atomic mass is 35.5. The number of esters is 1. The van der Waals surface area contributed by atoms with E-state index in [1.54, 1.807) is 13.0 Å². The van der Waals surface area contributed by atoms with Crippen LogP contribution in [0.2, 0.25) is 5.02 Å². The quantitative estimate of drug-likeness (QED) is 0.307. The largest absolute Gasteiger partial charge is 0.462 e. The molecule has 33 heavy (non-hydrogen) atoms. The molecule has 6 nitrogen and oxygen atoms in total. The van der Waals surface area contributed by atoms with Crippen LogP contribution < -0.4 is 20.1 Å². The van der Waals surface area contributed by atoms with Crippen molar-refractivity contribution in [1.82, 2.24) is 0 Å². The third-order valence-electron chi connectivity index (χ3n) is 4.91. The van der Waals surface area contributed by atoms with E-state index in [4.69, 9.17) is 38.0 Å². The first kappa shape index (κ1) is 23.3. The van der Waals surface area contributed by atoms with Crippen LogP contribution in [0.5, 0.6) is 11.5 Å². The molecule has 0 spiro atoms. The van der Waals surface area contributed by atoms with Crippen LogP contribution in [0, 0.1) is 12.7 Å². The van der Waals surface area contributed by atoms with Gasteiger partial charge >= 0.3 is 5.97 Å². The Bertz CT molecular complexity index is 1230. The first-order valence-electron chi connectivity index (χ1n) is 10.1. The summed E-state index contributed by atoms with van der Waals surface area (Å²) in [6.45, 7) is 4.12. The second-order valence-electron chi connectivity index (χ2n) is 7.13. The smallest absolute Gasteiger partial charge is 0.341 e. The van der Waals surface area contributed by atoms with Gasteiger partial charge in [-0.1, -0.05) is 17.7 Å². The molecule has 1 aliphatic rings. The van der Waals surface area contributed by atoms with Gasteiger partial charge in [0.25, 0.3) is 0 Å². The zero-order valence-electron chi connectivity index (χ0n) is 17.8. The number of benzene rings is 2. The Morgan fingerprint density at radius 3 is 2.76 bits per heavy atom. The molecule has 4 rings (SSSR count). The predicted octanol–water partition coefficient (Wildman–Crippen LogP) is 6.15. The molecule has 0 fully saturated rings. The summed E-state index contributed by atoms with van der Waals surface area (Å²) in [5, 5.41) is 6.74. The number of hydrogen-bond donors (Lipinski definition) is 2. The molecule has 1 aliphatic heterocycles. The zero-order valence-corrected chi connectivity index (χ0v) is 20.2. The Hall–Kier alpha value is -2.88. The van der Waals surface area contributed by atoms with Crippen molar-refractivity contribution in [1.29, 1.82) is 0 Å². The van der Waals surface area contributed by atoms with E-state index in [-0.39, 0.29) is 23.5 Å². The molecule has 0 saturated carbocycles. The minimum absolute atomic E-state index is 0.0195. The van der Waals surface area contributed by atoms with E-state index in [2.05, 4.69) is 10.6 Å². The molecule has 0 atom stereocenters. The highest BCUT2D eigenvalue weighted by molar-refractivity contribution is 7.80. The maximum atomic E-state index is 13.7. The summed E-state index contributed by atoms with van der Waals surface area (Å²) >= 11 is 12.5. The number of thiocarbonyl (C=S) groups is 1. The molecule has 1 aromatic heterocycles. The van der Waals surface area contributed by atoms with Crippen LogP contribution in [0.25, 0.3) is 0 Å². The lowest BCUT2D eigenvalue weighted by Crippen LogP contribution is -2.20. The number of rotatable bonds is 6. The molecule has 172 valence electrons. The van der Waals surface area contributed by atoms with Gasteiger partial charge in [0, 0.05) is 10.6 Å². The summed E-state index contributed by atoms with van der Waals surface area (Å²) in [6, 6.07) is 9.98. The third-order valence-corrected chi connectivity index (χ3v) is 6.48. The van der Waals surface area contributed by atoms with Gasteiger partial charge in [-0.2, -0.15) is 0 Å². The Kier molecular flexibility index (Phi) is 7.02. The van der Waals surface area contributed by atoms with Gasteiger partial charge in [0.15, 0.2) is 16.6 Å². The summed E-state index contributed by atoms with van der Waals surface area (Å²) in [4.78, 5) is 13.8. The molecule has 3 aromatic rings. The molecule has 0 amide bonds. The molecular weight excluding hydrogens is 487 g/mol. The molecular formula is C23H20ClFN2O4S2. The molecule has 2 heterocycles. The highest BCUT2D eigenvalue weighted by Gasteiger charge is 2.25. The Morgan fingerprint density at radius 1 is 1.21 bits per heavy atom. The number of carbonyl (C=O) groups excluding carboxylic acids is 1. The normalized spacial score (nSPS) is 11.9. The minimum atomic E-state index is -0.561. The Morgan fingerprint density at radius 2 is 2.00 bits per heavy atom. The number of halogens is 2. The van der Waals surface area contributed by atoms with Crippen molar-refractivity contribution in [3.05, 3.63) is 68.8 Å². The second kappa shape index (κ2) is 9.94. The summed E-state index contributed by atoms with van der Waals surface area (Å²) < 4.78 is 29.9. The second-order valence-corrected chi connectivity index (χ2v) is 9.17. The van der Waals surface area contributed by atoms with Gasteiger partial charge in [-0.15, -0.1) is 11.3 Å². The average molecular weight is 507 g/mol. The van der Waals surface area contributed by atoms with E-state index in [0.717, 1.165) is 16.0 Å². The van der Waals surface area contributed by atoms with Crippen molar-refractivity contribution < 1.29 is 23.4 Å². The van der Waals surface area contributed by atoms with E-state index >= 15 is 0 Å². The predicted molar refractivity (Wildman–Crippen MR) is 132 cm³/mol. The van der Waals surface area contributed by atoms with Gasteiger partial charge in [-0.3, -0.25) is 0 Å². The van der Waals surface area contributed by atoms with Gasteiger partial charge < -0.3 is 24.8 Å². The van der Waals surface area contributed by atoms with Crippen LogP contribution in [0.1, 0.15) is 33.3 Å². The fourth-order valence-electron chi connectivity index (χ4n) is 3.39. The van der Waals surface area contributed by atoms with Gasteiger partial charge in [0.1, 0.15) is 10.8 Å². The number of aryl methyl sites for hydroxylation is 1.